The van der Waals surface area contributed by atoms with Crippen LogP contribution in [0, 0.1) is 5.92 Å². The summed E-state index contributed by atoms with van der Waals surface area (Å²) in [5.74, 6) is 2.22. The lowest BCUT2D eigenvalue weighted by Crippen LogP contribution is -2.19. The second kappa shape index (κ2) is 5.11. The Morgan fingerprint density at radius 1 is 1.42 bits per heavy atom. The number of anilines is 1. The largest absolute Gasteiger partial charge is 0.491 e. The van der Waals surface area contributed by atoms with Crippen molar-refractivity contribution in [2.45, 2.75) is 39.2 Å². The molecule has 0 amide bonds. The van der Waals surface area contributed by atoms with E-state index in [1.165, 1.54) is 19.3 Å². The summed E-state index contributed by atoms with van der Waals surface area (Å²) in [7, 11) is 0. The van der Waals surface area contributed by atoms with Crippen molar-refractivity contribution < 1.29 is 4.74 Å². The van der Waals surface area contributed by atoms with Gasteiger partial charge in [0.15, 0.2) is 0 Å². The maximum Gasteiger partial charge on any atom is 0.201 e. The molecule has 0 aliphatic heterocycles. The van der Waals surface area contributed by atoms with Gasteiger partial charge in [-0.25, -0.2) is 4.98 Å². The molecular weight excluding hydrogens is 238 g/mol. The minimum atomic E-state index is 0.606. The minimum Gasteiger partial charge on any atom is -0.491 e. The third kappa shape index (κ3) is 2.27. The van der Waals surface area contributed by atoms with Crippen LogP contribution in [0.25, 0.3) is 11.0 Å². The molecular formula is C15H21N3O. The second-order valence-corrected chi connectivity index (χ2v) is 5.35. The van der Waals surface area contributed by atoms with Gasteiger partial charge in [-0.3, -0.25) is 0 Å². The molecule has 1 aromatic heterocycles. The van der Waals surface area contributed by atoms with Gasteiger partial charge >= 0.3 is 0 Å². The number of hydrogen-bond acceptors (Lipinski definition) is 3. The number of ether oxygens (including phenoxy) is 1. The van der Waals surface area contributed by atoms with Crippen LogP contribution in [0.4, 0.5) is 5.95 Å². The summed E-state index contributed by atoms with van der Waals surface area (Å²) in [6.45, 7) is 3.80. The van der Waals surface area contributed by atoms with Gasteiger partial charge in [-0.1, -0.05) is 19.4 Å². The van der Waals surface area contributed by atoms with Gasteiger partial charge in [-0.2, -0.15) is 0 Å². The van der Waals surface area contributed by atoms with Crippen LogP contribution < -0.4 is 10.5 Å². The number of fused-ring (bicyclic) bond motifs is 1. The molecule has 1 fully saturated rings. The Hall–Kier alpha value is -1.71. The van der Waals surface area contributed by atoms with E-state index >= 15 is 0 Å². The first-order valence-corrected chi connectivity index (χ1v) is 7.17. The fraction of sp³-hybridized carbons (Fsp3) is 0.533. The van der Waals surface area contributed by atoms with Crippen molar-refractivity contribution in [1.29, 1.82) is 0 Å². The van der Waals surface area contributed by atoms with Crippen molar-refractivity contribution in [3.63, 3.8) is 0 Å². The van der Waals surface area contributed by atoms with Gasteiger partial charge in [0.1, 0.15) is 11.3 Å². The van der Waals surface area contributed by atoms with Crippen LogP contribution in [0.5, 0.6) is 5.75 Å². The van der Waals surface area contributed by atoms with Gasteiger partial charge in [-0.05, 0) is 37.3 Å². The first-order chi connectivity index (χ1) is 9.29. The molecule has 1 saturated carbocycles. The zero-order valence-electron chi connectivity index (χ0n) is 11.4. The molecule has 1 heterocycles. The van der Waals surface area contributed by atoms with E-state index < -0.39 is 0 Å². The average Bonchev–Trinajstić information content (AvgIpc) is 2.68. The Morgan fingerprint density at radius 3 is 2.95 bits per heavy atom. The predicted molar refractivity (Wildman–Crippen MR) is 77.3 cm³/mol. The number of nitrogen functional groups attached to an aromatic ring is 1. The molecule has 0 spiro atoms. The van der Waals surface area contributed by atoms with Gasteiger partial charge in [-0.15, -0.1) is 0 Å². The summed E-state index contributed by atoms with van der Waals surface area (Å²) < 4.78 is 7.89. The normalized spacial score (nSPS) is 15.6. The molecule has 4 heteroatoms. The van der Waals surface area contributed by atoms with Crippen LogP contribution in [-0.4, -0.2) is 16.2 Å². The molecule has 2 aromatic rings. The van der Waals surface area contributed by atoms with Crippen molar-refractivity contribution in [3.05, 3.63) is 18.2 Å². The average molecular weight is 259 g/mol. The van der Waals surface area contributed by atoms with Gasteiger partial charge in [0, 0.05) is 6.54 Å². The fourth-order valence-corrected chi connectivity index (χ4v) is 2.59. The van der Waals surface area contributed by atoms with Crippen LogP contribution in [0.15, 0.2) is 18.2 Å². The number of aromatic nitrogens is 2. The Labute approximate surface area is 113 Å². The maximum absolute atomic E-state index is 6.07. The van der Waals surface area contributed by atoms with E-state index in [4.69, 9.17) is 10.5 Å². The number of nitrogens with zero attached hydrogens (tertiary/aromatic N) is 2. The molecule has 0 radical (unpaired) electrons. The summed E-state index contributed by atoms with van der Waals surface area (Å²) in [5, 5.41) is 0. The molecule has 1 aliphatic rings. The van der Waals surface area contributed by atoms with E-state index in [2.05, 4.69) is 22.5 Å². The lowest BCUT2D eigenvalue weighted by Gasteiger charge is -2.26. The Morgan fingerprint density at radius 2 is 2.26 bits per heavy atom. The monoisotopic (exact) mass is 259 g/mol. The molecule has 1 aromatic carbocycles. The van der Waals surface area contributed by atoms with Crippen LogP contribution in [0.2, 0.25) is 0 Å². The summed E-state index contributed by atoms with van der Waals surface area (Å²) >= 11 is 0. The molecule has 3 rings (SSSR count). The van der Waals surface area contributed by atoms with Crippen LogP contribution >= 0.6 is 0 Å². The van der Waals surface area contributed by atoms with Crippen molar-refractivity contribution in [2.24, 2.45) is 5.92 Å². The highest BCUT2D eigenvalue weighted by atomic mass is 16.5. The quantitative estimate of drug-likeness (QED) is 0.897. The predicted octanol–water partition coefficient (Wildman–Crippen LogP) is 3.21. The van der Waals surface area contributed by atoms with Crippen molar-refractivity contribution in [1.82, 2.24) is 9.55 Å². The van der Waals surface area contributed by atoms with Gasteiger partial charge in [0.05, 0.1) is 12.1 Å². The van der Waals surface area contributed by atoms with Crippen molar-refractivity contribution in [2.75, 3.05) is 12.3 Å². The number of para-hydroxylation sites is 1. The third-order valence-corrected chi connectivity index (χ3v) is 3.90. The zero-order chi connectivity index (χ0) is 13.2. The van der Waals surface area contributed by atoms with Crippen molar-refractivity contribution >= 4 is 17.0 Å². The standard InChI is InChI=1S/C15H21N3O/c1-2-9-19-13-8-4-7-12-14(13)17-15(16)18(12)10-11-5-3-6-11/h4,7-8,11H,2-3,5-6,9-10H2,1H3,(H2,16,17). The van der Waals surface area contributed by atoms with E-state index in [0.717, 1.165) is 35.7 Å². The number of nitrogens with two attached hydrogens (primary N) is 1. The van der Waals surface area contributed by atoms with Crippen LogP contribution in [0.1, 0.15) is 32.6 Å². The highest BCUT2D eigenvalue weighted by Crippen LogP contribution is 2.32. The molecule has 1 aliphatic carbocycles. The van der Waals surface area contributed by atoms with E-state index in [0.29, 0.717) is 12.6 Å². The maximum atomic E-state index is 6.07. The molecule has 102 valence electrons. The Balaban J connectivity index is 1.95. The highest BCUT2D eigenvalue weighted by Gasteiger charge is 2.21. The SMILES string of the molecule is CCCOc1cccc2c1nc(N)n2CC1CCC1. The van der Waals surface area contributed by atoms with Crippen LogP contribution in [-0.2, 0) is 6.54 Å². The van der Waals surface area contributed by atoms with E-state index in [1.807, 2.05) is 12.1 Å². The number of rotatable bonds is 5. The third-order valence-electron chi connectivity index (χ3n) is 3.90. The fourth-order valence-electron chi connectivity index (χ4n) is 2.59. The molecule has 4 nitrogen and oxygen atoms in total. The summed E-state index contributed by atoms with van der Waals surface area (Å²) in [6, 6.07) is 6.07. The van der Waals surface area contributed by atoms with Crippen LogP contribution in [0.3, 0.4) is 0 Å². The molecule has 19 heavy (non-hydrogen) atoms. The number of imidazole rings is 1. The van der Waals surface area contributed by atoms with Crippen molar-refractivity contribution in [3.8, 4) is 5.75 Å². The number of hydrogen-bond donors (Lipinski definition) is 1. The van der Waals surface area contributed by atoms with Gasteiger partial charge < -0.3 is 15.0 Å². The molecule has 0 atom stereocenters. The van der Waals surface area contributed by atoms with E-state index in [-0.39, 0.29) is 0 Å². The first kappa shape index (κ1) is 12.3. The second-order valence-electron chi connectivity index (χ2n) is 5.35. The van der Waals surface area contributed by atoms with E-state index in [9.17, 15) is 0 Å². The van der Waals surface area contributed by atoms with Gasteiger partial charge in [0.2, 0.25) is 5.95 Å². The number of benzene rings is 1. The zero-order valence-corrected chi connectivity index (χ0v) is 11.4. The molecule has 0 unspecified atom stereocenters. The molecule has 0 saturated heterocycles. The van der Waals surface area contributed by atoms with Gasteiger partial charge in [0.25, 0.3) is 0 Å². The molecule has 2 N–H and O–H groups in total. The Kier molecular flexibility index (Phi) is 3.32. The lowest BCUT2D eigenvalue weighted by molar-refractivity contribution is 0.280. The summed E-state index contributed by atoms with van der Waals surface area (Å²) in [4.78, 5) is 4.49. The molecule has 0 bridgehead atoms. The Bertz CT molecular complexity index is 572. The summed E-state index contributed by atoms with van der Waals surface area (Å²) in [6.07, 6.45) is 4.97. The highest BCUT2D eigenvalue weighted by molar-refractivity contribution is 5.84. The topological polar surface area (TPSA) is 53.1 Å². The summed E-state index contributed by atoms with van der Waals surface area (Å²) in [5.41, 5.74) is 8.07. The minimum absolute atomic E-state index is 0.606. The van der Waals surface area contributed by atoms with E-state index in [1.54, 1.807) is 0 Å². The first-order valence-electron chi connectivity index (χ1n) is 7.17. The smallest absolute Gasteiger partial charge is 0.201 e. The lowest BCUT2D eigenvalue weighted by atomic mass is 9.85.